The van der Waals surface area contributed by atoms with Crippen LogP contribution in [0.3, 0.4) is 0 Å². The van der Waals surface area contributed by atoms with Crippen LogP contribution in [0.1, 0.15) is 41.3 Å². The number of carbonyl (C=O) groups is 1. The fraction of sp³-hybridized carbons (Fsp3) is 0.417. The highest BCUT2D eigenvalue weighted by atomic mass is 19.3. The van der Waals surface area contributed by atoms with Gasteiger partial charge in [0.05, 0.1) is 16.9 Å². The number of amides is 1. The van der Waals surface area contributed by atoms with Crippen molar-refractivity contribution in [3.63, 3.8) is 0 Å². The number of halogens is 3. The molecule has 2 aromatic rings. The summed E-state index contributed by atoms with van der Waals surface area (Å²) in [7, 11) is 2.01. The molecule has 0 radical (unpaired) electrons. The van der Waals surface area contributed by atoms with Gasteiger partial charge in [0.2, 0.25) is 5.56 Å². The molecule has 2 aliphatic rings. The Labute approximate surface area is 195 Å². The lowest BCUT2D eigenvalue weighted by Gasteiger charge is -2.39. The predicted molar refractivity (Wildman–Crippen MR) is 126 cm³/mol. The van der Waals surface area contributed by atoms with Crippen molar-refractivity contribution in [2.45, 2.75) is 25.8 Å². The number of aromatic nitrogens is 1. The zero-order chi connectivity index (χ0) is 24.4. The summed E-state index contributed by atoms with van der Waals surface area (Å²) in [6, 6.07) is 3.92. The molecule has 7 nitrogen and oxygen atoms in total. The maximum Gasteiger partial charge on any atom is 0.264 e. The lowest BCUT2D eigenvalue weighted by Crippen LogP contribution is -2.50. The molecule has 1 aromatic heterocycles. The largest absolute Gasteiger partial charge is 0.367 e. The summed E-state index contributed by atoms with van der Waals surface area (Å²) in [5.41, 5.74) is 0.316. The number of alkyl halides is 2. The van der Waals surface area contributed by atoms with E-state index >= 15 is 4.39 Å². The molecule has 1 saturated heterocycles. The van der Waals surface area contributed by atoms with E-state index in [1.54, 1.807) is 6.07 Å². The van der Waals surface area contributed by atoms with Gasteiger partial charge in [-0.2, -0.15) is 0 Å². The molecule has 34 heavy (non-hydrogen) atoms. The number of rotatable bonds is 5. The van der Waals surface area contributed by atoms with E-state index in [0.717, 1.165) is 24.4 Å². The molecule has 0 saturated carbocycles. The Hall–Kier alpha value is -3.11. The van der Waals surface area contributed by atoms with Gasteiger partial charge in [-0.15, -0.1) is 0 Å². The van der Waals surface area contributed by atoms with Crippen molar-refractivity contribution in [2.24, 2.45) is 0 Å². The number of aromatic amines is 1. The van der Waals surface area contributed by atoms with Gasteiger partial charge in [-0.1, -0.05) is 6.08 Å². The van der Waals surface area contributed by atoms with E-state index in [0.29, 0.717) is 49.5 Å². The topological polar surface area (TPSA) is 80.5 Å². The average Bonchev–Trinajstić information content (AvgIpc) is 2.82. The fourth-order valence-corrected chi connectivity index (χ4v) is 4.36. The Morgan fingerprint density at radius 3 is 2.71 bits per heavy atom. The zero-order valence-corrected chi connectivity index (χ0v) is 19.1. The van der Waals surface area contributed by atoms with Crippen LogP contribution in [-0.2, 0) is 0 Å². The quantitative estimate of drug-likeness (QED) is 0.619. The Morgan fingerprint density at radius 1 is 1.24 bits per heavy atom. The Morgan fingerprint density at radius 2 is 2.03 bits per heavy atom. The van der Waals surface area contributed by atoms with E-state index in [1.165, 1.54) is 6.07 Å². The van der Waals surface area contributed by atoms with Crippen LogP contribution in [-0.4, -0.2) is 61.6 Å². The Bertz CT molecular complexity index is 1160. The second-order valence-electron chi connectivity index (χ2n) is 8.73. The molecule has 0 spiro atoms. The third kappa shape index (κ3) is 5.02. The third-order valence-electron chi connectivity index (χ3n) is 6.48. The highest BCUT2D eigenvalue weighted by molar-refractivity contribution is 6.07. The first-order chi connectivity index (χ1) is 16.2. The number of nitrogens with zero attached hydrogens (tertiary/aromatic N) is 2. The standard InChI is InChI=1S/C24H28F3N5O2/c1-14-13-32(8-7-31(14)2)21-11-19(25)16(15-3-5-28-6-4-15)9-20(21)30-24(34)18-12-29-22(33)10-17(18)23(26)27/h3,9-12,14,23,28H,4-8,13H2,1-2H3,(H,29,33)(H,30,34)/t14-/m0/s1. The monoisotopic (exact) mass is 475 g/mol. The Kier molecular flexibility index (Phi) is 7.08. The van der Waals surface area contributed by atoms with Crippen molar-refractivity contribution < 1.29 is 18.0 Å². The minimum absolute atomic E-state index is 0.205. The summed E-state index contributed by atoms with van der Waals surface area (Å²) in [5, 5.41) is 5.90. The second kappa shape index (κ2) is 10.0. The predicted octanol–water partition coefficient (Wildman–Crippen LogP) is 3.22. The van der Waals surface area contributed by atoms with E-state index in [9.17, 15) is 18.4 Å². The van der Waals surface area contributed by atoms with Crippen LogP contribution in [0.25, 0.3) is 5.57 Å². The maximum absolute atomic E-state index is 15.3. The first kappa shape index (κ1) is 24.0. The highest BCUT2D eigenvalue weighted by Crippen LogP contribution is 2.35. The molecule has 0 aliphatic carbocycles. The number of hydrogen-bond donors (Lipinski definition) is 3. The number of anilines is 2. The van der Waals surface area contributed by atoms with E-state index in [2.05, 4.69) is 27.4 Å². The van der Waals surface area contributed by atoms with E-state index < -0.39 is 29.3 Å². The lowest BCUT2D eigenvalue weighted by atomic mass is 9.97. The summed E-state index contributed by atoms with van der Waals surface area (Å²) in [5.74, 6) is -1.20. The number of piperazine rings is 1. The van der Waals surface area contributed by atoms with Crippen molar-refractivity contribution in [1.29, 1.82) is 0 Å². The minimum atomic E-state index is -3.00. The van der Waals surface area contributed by atoms with Gasteiger partial charge < -0.3 is 25.4 Å². The van der Waals surface area contributed by atoms with E-state index in [-0.39, 0.29) is 11.6 Å². The van der Waals surface area contributed by atoms with Crippen molar-refractivity contribution >= 4 is 22.9 Å². The maximum atomic E-state index is 15.3. The molecular formula is C24H28F3N5O2. The van der Waals surface area contributed by atoms with Crippen molar-refractivity contribution in [2.75, 3.05) is 50.0 Å². The van der Waals surface area contributed by atoms with Crippen LogP contribution in [0.15, 0.2) is 35.3 Å². The van der Waals surface area contributed by atoms with Gasteiger partial charge in [-0.05, 0) is 44.6 Å². The normalized spacial score (nSPS) is 19.3. The summed E-state index contributed by atoms with van der Waals surface area (Å²) in [6.07, 6.45) is 0.521. The van der Waals surface area contributed by atoms with Crippen LogP contribution >= 0.6 is 0 Å². The van der Waals surface area contributed by atoms with Crippen molar-refractivity contribution in [3.05, 3.63) is 63.3 Å². The van der Waals surface area contributed by atoms with Gasteiger partial charge in [0.25, 0.3) is 12.3 Å². The molecule has 10 heteroatoms. The average molecular weight is 476 g/mol. The van der Waals surface area contributed by atoms with Gasteiger partial charge in [-0.25, -0.2) is 13.2 Å². The number of likely N-dealkylation sites (N-methyl/N-ethyl adjacent to an activating group) is 1. The summed E-state index contributed by atoms with van der Waals surface area (Å²) >= 11 is 0. The molecule has 1 amide bonds. The first-order valence-corrected chi connectivity index (χ1v) is 11.3. The minimum Gasteiger partial charge on any atom is -0.367 e. The molecule has 0 unspecified atom stereocenters. The molecule has 182 valence electrons. The lowest BCUT2D eigenvalue weighted by molar-refractivity contribution is 0.101. The second-order valence-corrected chi connectivity index (χ2v) is 8.73. The number of hydrogen-bond acceptors (Lipinski definition) is 5. The van der Waals surface area contributed by atoms with E-state index in [1.807, 2.05) is 18.0 Å². The van der Waals surface area contributed by atoms with Gasteiger partial charge in [0, 0.05) is 55.6 Å². The number of pyridine rings is 1. The number of nitrogens with one attached hydrogen (secondary N) is 3. The number of benzene rings is 1. The molecule has 2 aliphatic heterocycles. The van der Waals surface area contributed by atoms with E-state index in [4.69, 9.17) is 0 Å². The molecule has 4 rings (SSSR count). The summed E-state index contributed by atoms with van der Waals surface area (Å²) < 4.78 is 42.3. The molecule has 0 bridgehead atoms. The van der Waals surface area contributed by atoms with Crippen LogP contribution in [0.5, 0.6) is 0 Å². The molecular weight excluding hydrogens is 447 g/mol. The number of H-pyrrole nitrogens is 1. The highest BCUT2D eigenvalue weighted by Gasteiger charge is 2.26. The van der Waals surface area contributed by atoms with Gasteiger partial charge in [0.15, 0.2) is 0 Å². The van der Waals surface area contributed by atoms with Crippen LogP contribution in [0.2, 0.25) is 0 Å². The van der Waals surface area contributed by atoms with Crippen molar-refractivity contribution in [3.8, 4) is 0 Å². The zero-order valence-electron chi connectivity index (χ0n) is 19.1. The summed E-state index contributed by atoms with van der Waals surface area (Å²) in [4.78, 5) is 31.0. The van der Waals surface area contributed by atoms with Crippen LogP contribution in [0, 0.1) is 5.82 Å². The number of carbonyl (C=O) groups excluding carboxylic acids is 1. The van der Waals surface area contributed by atoms with Crippen LogP contribution < -0.4 is 21.1 Å². The molecule has 1 atom stereocenters. The molecule has 1 fully saturated rings. The van der Waals surface area contributed by atoms with Crippen molar-refractivity contribution in [1.82, 2.24) is 15.2 Å². The fourth-order valence-electron chi connectivity index (χ4n) is 4.36. The van der Waals surface area contributed by atoms with Gasteiger partial charge >= 0.3 is 0 Å². The molecule has 3 N–H and O–H groups in total. The molecule has 3 heterocycles. The smallest absolute Gasteiger partial charge is 0.264 e. The third-order valence-corrected chi connectivity index (χ3v) is 6.48. The first-order valence-electron chi connectivity index (χ1n) is 11.3. The summed E-state index contributed by atoms with van der Waals surface area (Å²) in [6.45, 7) is 5.37. The SMILES string of the molecule is C[C@H]1CN(c2cc(F)c(C3=CCNCC3)cc2NC(=O)c2c[nH]c(=O)cc2C(F)F)CCN1C. The van der Waals surface area contributed by atoms with Gasteiger partial charge in [-0.3, -0.25) is 9.59 Å². The molecule has 1 aromatic carbocycles. The van der Waals surface area contributed by atoms with Crippen LogP contribution in [0.4, 0.5) is 24.5 Å². The van der Waals surface area contributed by atoms with Gasteiger partial charge in [0.1, 0.15) is 5.82 Å². The Balaban J connectivity index is 1.75.